The van der Waals surface area contributed by atoms with Crippen LogP contribution in [0.3, 0.4) is 0 Å². The molecule has 3 rings (SSSR count). The molecule has 1 aliphatic carbocycles. The molecule has 5 heteroatoms. The molecule has 0 spiro atoms. The Kier molecular flexibility index (Phi) is 6.53. The first kappa shape index (κ1) is 18.7. The van der Waals surface area contributed by atoms with Gasteiger partial charge in [-0.1, -0.05) is 39.5 Å². The van der Waals surface area contributed by atoms with Crippen LogP contribution in [0, 0.1) is 5.92 Å². The highest BCUT2D eigenvalue weighted by Crippen LogP contribution is 2.30. The number of rotatable bonds is 9. The van der Waals surface area contributed by atoms with E-state index in [1.807, 2.05) is 22.7 Å². The molecule has 26 heavy (non-hydrogen) atoms. The van der Waals surface area contributed by atoms with Crippen LogP contribution in [0.1, 0.15) is 64.5 Å². The van der Waals surface area contributed by atoms with Gasteiger partial charge in [-0.2, -0.15) is 0 Å². The molecule has 142 valence electrons. The molecular formula is C21H31N3O2. The number of hydrogen-bond acceptors (Lipinski definition) is 3. The molecule has 0 atom stereocenters. The third-order valence-electron chi connectivity index (χ3n) is 5.34. The lowest BCUT2D eigenvalue weighted by atomic mass is 9.90. The number of fused-ring (bicyclic) bond motifs is 1. The van der Waals surface area contributed by atoms with Crippen molar-refractivity contribution in [2.45, 2.75) is 65.2 Å². The number of hydrogen-bond donors (Lipinski definition) is 0. The predicted octanol–water partition coefficient (Wildman–Crippen LogP) is 4.62. The molecule has 5 nitrogen and oxygen atoms in total. The molecule has 0 bridgehead atoms. The van der Waals surface area contributed by atoms with E-state index >= 15 is 0 Å². The summed E-state index contributed by atoms with van der Waals surface area (Å²) >= 11 is 0. The quantitative estimate of drug-likeness (QED) is 0.615. The lowest BCUT2D eigenvalue weighted by Crippen LogP contribution is -2.24. The normalized spacial score (nSPS) is 15.3. The minimum absolute atomic E-state index is 0.653. The highest BCUT2D eigenvalue weighted by atomic mass is 16.5. The summed E-state index contributed by atoms with van der Waals surface area (Å²) in [7, 11) is 0. The van der Waals surface area contributed by atoms with E-state index in [1.54, 1.807) is 4.90 Å². The van der Waals surface area contributed by atoms with Gasteiger partial charge in [0.05, 0.1) is 12.3 Å². The van der Waals surface area contributed by atoms with Crippen molar-refractivity contribution in [2.24, 2.45) is 5.92 Å². The van der Waals surface area contributed by atoms with E-state index in [4.69, 9.17) is 9.72 Å². The Morgan fingerprint density at radius 2 is 2.12 bits per heavy atom. The number of aromatic nitrogens is 2. The van der Waals surface area contributed by atoms with Crippen LogP contribution in [0.2, 0.25) is 0 Å². The standard InChI is InChI=1S/C21H31N3O2/c1-3-5-13-23(16-25)21-18(4-2)22-20-19(12-9-14-24(20)21)26-15-17-10-7-6-8-11-17/h9,12,14,16-17H,3-8,10-11,13,15H2,1-2H3. The largest absolute Gasteiger partial charge is 0.489 e. The van der Waals surface area contributed by atoms with Crippen LogP contribution in [-0.2, 0) is 11.2 Å². The fourth-order valence-electron chi connectivity index (χ4n) is 3.83. The maximum absolute atomic E-state index is 11.7. The SMILES string of the molecule is CCCCN(C=O)c1c(CC)nc2c(OCC3CCCCC3)cccn12. The van der Waals surface area contributed by atoms with Crippen molar-refractivity contribution < 1.29 is 9.53 Å². The van der Waals surface area contributed by atoms with Gasteiger partial charge in [0.15, 0.2) is 11.4 Å². The van der Waals surface area contributed by atoms with Gasteiger partial charge >= 0.3 is 0 Å². The number of ether oxygens (including phenoxy) is 1. The molecule has 0 saturated heterocycles. The van der Waals surface area contributed by atoms with Crippen LogP contribution in [0.5, 0.6) is 5.75 Å². The molecule has 0 aliphatic heterocycles. The Balaban J connectivity index is 1.88. The van der Waals surface area contributed by atoms with E-state index in [1.165, 1.54) is 32.1 Å². The number of imidazole rings is 1. The van der Waals surface area contributed by atoms with Gasteiger partial charge in [-0.05, 0) is 43.7 Å². The first-order valence-electron chi connectivity index (χ1n) is 10.1. The monoisotopic (exact) mass is 357 g/mol. The molecule has 1 saturated carbocycles. The van der Waals surface area contributed by atoms with Gasteiger partial charge in [0.25, 0.3) is 0 Å². The van der Waals surface area contributed by atoms with Gasteiger partial charge in [-0.25, -0.2) is 4.98 Å². The van der Waals surface area contributed by atoms with E-state index in [0.29, 0.717) is 12.5 Å². The smallest absolute Gasteiger partial charge is 0.215 e. The molecular weight excluding hydrogens is 326 g/mol. The average Bonchev–Trinajstić information content (AvgIpc) is 3.07. The predicted molar refractivity (Wildman–Crippen MR) is 105 cm³/mol. The van der Waals surface area contributed by atoms with Crippen molar-refractivity contribution in [1.82, 2.24) is 9.38 Å². The van der Waals surface area contributed by atoms with Gasteiger partial charge < -0.3 is 4.74 Å². The summed E-state index contributed by atoms with van der Waals surface area (Å²) in [6.45, 7) is 5.69. The topological polar surface area (TPSA) is 46.8 Å². The highest BCUT2D eigenvalue weighted by molar-refractivity contribution is 5.77. The Hall–Kier alpha value is -2.04. The zero-order valence-corrected chi connectivity index (χ0v) is 16.1. The fourth-order valence-corrected chi connectivity index (χ4v) is 3.83. The third kappa shape index (κ3) is 4.02. The Labute approximate surface area is 156 Å². The number of amides is 1. The number of anilines is 1. The van der Waals surface area contributed by atoms with Gasteiger partial charge in [-0.15, -0.1) is 0 Å². The second kappa shape index (κ2) is 9.06. The Bertz CT molecular complexity index is 719. The summed E-state index contributed by atoms with van der Waals surface area (Å²) in [4.78, 5) is 18.3. The maximum Gasteiger partial charge on any atom is 0.215 e. The summed E-state index contributed by atoms with van der Waals surface area (Å²) < 4.78 is 8.19. The van der Waals surface area contributed by atoms with Crippen LogP contribution >= 0.6 is 0 Å². The molecule has 2 heterocycles. The fraction of sp³-hybridized carbons (Fsp3) is 0.619. The van der Waals surface area contributed by atoms with E-state index in [9.17, 15) is 4.79 Å². The second-order valence-electron chi connectivity index (χ2n) is 7.27. The molecule has 1 aliphatic rings. The number of pyridine rings is 1. The summed E-state index contributed by atoms with van der Waals surface area (Å²) in [6.07, 6.45) is 12.2. The van der Waals surface area contributed by atoms with Gasteiger partial charge in [-0.3, -0.25) is 14.1 Å². The number of carbonyl (C=O) groups excluding carboxylic acids is 1. The van der Waals surface area contributed by atoms with Crippen molar-refractivity contribution in [2.75, 3.05) is 18.1 Å². The molecule has 2 aromatic heterocycles. The molecule has 1 fully saturated rings. The molecule has 0 aromatic carbocycles. The average molecular weight is 357 g/mol. The first-order chi connectivity index (χ1) is 12.8. The highest BCUT2D eigenvalue weighted by Gasteiger charge is 2.20. The number of aryl methyl sites for hydroxylation is 1. The van der Waals surface area contributed by atoms with Crippen molar-refractivity contribution in [3.05, 3.63) is 24.0 Å². The lowest BCUT2D eigenvalue weighted by molar-refractivity contribution is -0.107. The molecule has 2 aromatic rings. The van der Waals surface area contributed by atoms with Crippen molar-refractivity contribution in [3.8, 4) is 5.75 Å². The van der Waals surface area contributed by atoms with Crippen LogP contribution < -0.4 is 9.64 Å². The van der Waals surface area contributed by atoms with Crippen LogP contribution in [-0.4, -0.2) is 28.9 Å². The van der Waals surface area contributed by atoms with Crippen LogP contribution in [0.4, 0.5) is 5.82 Å². The Morgan fingerprint density at radius 3 is 2.81 bits per heavy atom. The molecule has 0 radical (unpaired) electrons. The van der Waals surface area contributed by atoms with Crippen molar-refractivity contribution in [1.29, 1.82) is 0 Å². The van der Waals surface area contributed by atoms with Crippen LogP contribution in [0.15, 0.2) is 18.3 Å². The lowest BCUT2D eigenvalue weighted by Gasteiger charge is -2.22. The van der Waals surface area contributed by atoms with E-state index in [-0.39, 0.29) is 0 Å². The molecule has 0 unspecified atom stereocenters. The zero-order valence-electron chi connectivity index (χ0n) is 16.1. The van der Waals surface area contributed by atoms with Gasteiger partial charge in [0.1, 0.15) is 5.82 Å². The number of carbonyl (C=O) groups is 1. The summed E-state index contributed by atoms with van der Waals surface area (Å²) in [5.41, 5.74) is 1.76. The minimum atomic E-state index is 0.653. The summed E-state index contributed by atoms with van der Waals surface area (Å²) in [5.74, 6) is 2.36. The third-order valence-corrected chi connectivity index (χ3v) is 5.34. The van der Waals surface area contributed by atoms with E-state index in [0.717, 1.165) is 55.2 Å². The zero-order chi connectivity index (χ0) is 18.4. The summed E-state index contributed by atoms with van der Waals surface area (Å²) in [6, 6.07) is 3.97. The first-order valence-corrected chi connectivity index (χ1v) is 10.1. The molecule has 1 amide bonds. The Morgan fingerprint density at radius 1 is 1.31 bits per heavy atom. The van der Waals surface area contributed by atoms with Crippen molar-refractivity contribution in [3.63, 3.8) is 0 Å². The maximum atomic E-state index is 11.7. The van der Waals surface area contributed by atoms with E-state index < -0.39 is 0 Å². The van der Waals surface area contributed by atoms with Gasteiger partial charge in [0, 0.05) is 12.7 Å². The summed E-state index contributed by atoms with van der Waals surface area (Å²) in [5, 5.41) is 0. The number of unbranched alkanes of at least 4 members (excludes halogenated alkanes) is 1. The molecule has 0 N–H and O–H groups in total. The van der Waals surface area contributed by atoms with Gasteiger partial charge in [0.2, 0.25) is 6.41 Å². The minimum Gasteiger partial charge on any atom is -0.489 e. The van der Waals surface area contributed by atoms with Crippen molar-refractivity contribution >= 4 is 17.9 Å². The number of nitrogens with zero attached hydrogens (tertiary/aromatic N) is 3. The van der Waals surface area contributed by atoms with E-state index in [2.05, 4.69) is 13.8 Å². The second-order valence-corrected chi connectivity index (χ2v) is 7.27. The van der Waals surface area contributed by atoms with Crippen LogP contribution in [0.25, 0.3) is 5.65 Å².